The number of aryl methyl sites for hydroxylation is 1. The molecule has 0 aliphatic rings. The lowest BCUT2D eigenvalue weighted by Crippen LogP contribution is -2.28. The Kier molecular flexibility index (Phi) is 4.35. The van der Waals surface area contributed by atoms with Crippen LogP contribution in [0.25, 0.3) is 0 Å². The van der Waals surface area contributed by atoms with E-state index < -0.39 is 16.1 Å². The topological polar surface area (TPSA) is 114 Å². The van der Waals surface area contributed by atoms with E-state index in [4.69, 9.17) is 18.0 Å². The van der Waals surface area contributed by atoms with Crippen LogP contribution < -0.4 is 10.5 Å². The number of nitrogens with zero attached hydrogens (tertiary/aromatic N) is 2. The fourth-order valence-corrected chi connectivity index (χ4v) is 3.44. The molecule has 1 unspecified atom stereocenters. The van der Waals surface area contributed by atoms with Crippen LogP contribution in [0.5, 0.6) is 0 Å². The summed E-state index contributed by atoms with van der Waals surface area (Å²) in [5.41, 5.74) is 6.73. The molecule has 2 aromatic rings. The molecule has 0 bridgehead atoms. The van der Waals surface area contributed by atoms with Gasteiger partial charge in [0.1, 0.15) is 17.1 Å². The van der Waals surface area contributed by atoms with Crippen molar-refractivity contribution in [1.82, 2.24) is 19.9 Å². The Morgan fingerprint density at radius 3 is 2.71 bits per heavy atom. The van der Waals surface area contributed by atoms with Crippen molar-refractivity contribution in [3.8, 4) is 0 Å². The highest BCUT2D eigenvalue weighted by atomic mass is 32.2. The van der Waals surface area contributed by atoms with Crippen molar-refractivity contribution < 1.29 is 8.42 Å². The van der Waals surface area contributed by atoms with Crippen molar-refractivity contribution in [3.63, 3.8) is 0 Å². The molecule has 0 saturated heterocycles. The van der Waals surface area contributed by atoms with Crippen molar-refractivity contribution in [2.75, 3.05) is 0 Å². The zero-order chi connectivity index (χ0) is 15.6. The van der Waals surface area contributed by atoms with E-state index in [1.165, 1.54) is 12.4 Å². The molecule has 0 spiro atoms. The molecule has 0 radical (unpaired) electrons. The van der Waals surface area contributed by atoms with Crippen LogP contribution >= 0.6 is 12.2 Å². The highest BCUT2D eigenvalue weighted by molar-refractivity contribution is 7.89. The lowest BCUT2D eigenvalue weighted by molar-refractivity contribution is 0.559. The van der Waals surface area contributed by atoms with E-state index in [2.05, 4.69) is 19.9 Å². The van der Waals surface area contributed by atoms with Crippen LogP contribution in [0.4, 0.5) is 0 Å². The fourth-order valence-electron chi connectivity index (χ4n) is 1.88. The van der Waals surface area contributed by atoms with Gasteiger partial charge >= 0.3 is 0 Å². The molecule has 7 nitrogen and oxygen atoms in total. The predicted molar refractivity (Wildman–Crippen MR) is 82.2 cm³/mol. The van der Waals surface area contributed by atoms with Gasteiger partial charge in [-0.3, -0.25) is 5.10 Å². The van der Waals surface area contributed by atoms with E-state index in [1.54, 1.807) is 26.0 Å². The summed E-state index contributed by atoms with van der Waals surface area (Å²) in [5, 5.41) is 6.32. The predicted octanol–water partition coefficient (Wildman–Crippen LogP) is 0.787. The summed E-state index contributed by atoms with van der Waals surface area (Å²) in [4.78, 5) is 4.33. The maximum atomic E-state index is 12.4. The molecule has 21 heavy (non-hydrogen) atoms. The highest BCUT2D eigenvalue weighted by Gasteiger charge is 2.21. The molecular weight excluding hydrogens is 310 g/mol. The maximum Gasteiger partial charge on any atom is 0.241 e. The first-order valence-corrected chi connectivity index (χ1v) is 7.98. The number of aromatic nitrogens is 3. The zero-order valence-corrected chi connectivity index (χ0v) is 13.1. The minimum absolute atomic E-state index is 0.175. The van der Waals surface area contributed by atoms with Crippen molar-refractivity contribution in [3.05, 3.63) is 41.5 Å². The number of aromatic amines is 1. The average molecular weight is 325 g/mol. The van der Waals surface area contributed by atoms with Gasteiger partial charge in [0.2, 0.25) is 10.0 Å². The summed E-state index contributed by atoms with van der Waals surface area (Å²) >= 11 is 4.88. The second kappa shape index (κ2) is 5.88. The Hall–Kier alpha value is -1.84. The SMILES string of the molecule is Cc1cc(C(N)=S)ccc1S(=O)(=O)NC(C)c1ncn[nH]1. The Labute approximate surface area is 128 Å². The van der Waals surface area contributed by atoms with E-state index in [0.29, 0.717) is 17.0 Å². The molecule has 112 valence electrons. The molecule has 0 saturated carbocycles. The number of nitrogens with two attached hydrogens (primary N) is 1. The molecule has 0 amide bonds. The second-order valence-electron chi connectivity index (χ2n) is 4.56. The first kappa shape index (κ1) is 15.5. The minimum Gasteiger partial charge on any atom is -0.389 e. The van der Waals surface area contributed by atoms with E-state index in [-0.39, 0.29) is 9.88 Å². The molecule has 1 aromatic heterocycles. The summed E-state index contributed by atoms with van der Waals surface area (Å²) in [5.74, 6) is 0.441. The monoisotopic (exact) mass is 325 g/mol. The third kappa shape index (κ3) is 3.43. The van der Waals surface area contributed by atoms with E-state index in [9.17, 15) is 8.42 Å². The Morgan fingerprint density at radius 2 is 2.19 bits per heavy atom. The van der Waals surface area contributed by atoms with Gasteiger partial charge in [0.15, 0.2) is 0 Å². The number of thiocarbonyl (C=S) groups is 1. The normalized spacial score (nSPS) is 13.0. The Balaban J connectivity index is 2.29. The smallest absolute Gasteiger partial charge is 0.241 e. The maximum absolute atomic E-state index is 12.4. The lowest BCUT2D eigenvalue weighted by Gasteiger charge is -2.14. The number of hydrogen-bond acceptors (Lipinski definition) is 5. The molecule has 2 rings (SSSR count). The minimum atomic E-state index is -3.68. The van der Waals surface area contributed by atoms with Gasteiger partial charge in [-0.2, -0.15) is 5.10 Å². The number of H-pyrrole nitrogens is 1. The number of sulfonamides is 1. The van der Waals surface area contributed by atoms with Gasteiger partial charge in [0.05, 0.1) is 10.9 Å². The van der Waals surface area contributed by atoms with Gasteiger partial charge in [-0.1, -0.05) is 18.3 Å². The largest absolute Gasteiger partial charge is 0.389 e. The van der Waals surface area contributed by atoms with Gasteiger partial charge in [-0.15, -0.1) is 0 Å². The van der Waals surface area contributed by atoms with E-state index in [0.717, 1.165) is 0 Å². The Bertz CT molecular complexity index is 756. The van der Waals surface area contributed by atoms with Gasteiger partial charge in [-0.25, -0.2) is 18.1 Å². The first-order valence-electron chi connectivity index (χ1n) is 6.09. The number of nitrogens with one attached hydrogen (secondary N) is 2. The molecule has 0 fully saturated rings. The number of benzene rings is 1. The summed E-state index contributed by atoms with van der Waals surface area (Å²) in [6, 6.07) is 4.20. The van der Waals surface area contributed by atoms with Crippen molar-refractivity contribution in [2.24, 2.45) is 5.73 Å². The molecule has 0 aliphatic carbocycles. The van der Waals surface area contributed by atoms with Crippen LogP contribution in [-0.2, 0) is 10.0 Å². The van der Waals surface area contributed by atoms with Crippen molar-refractivity contribution >= 4 is 27.2 Å². The third-order valence-corrected chi connectivity index (χ3v) is 4.86. The number of hydrogen-bond donors (Lipinski definition) is 3. The van der Waals surface area contributed by atoms with Crippen LogP contribution in [0.2, 0.25) is 0 Å². The average Bonchev–Trinajstić information content (AvgIpc) is 2.91. The summed E-state index contributed by atoms with van der Waals surface area (Å²) < 4.78 is 27.3. The van der Waals surface area contributed by atoms with Crippen LogP contribution in [0.3, 0.4) is 0 Å². The highest BCUT2D eigenvalue weighted by Crippen LogP contribution is 2.19. The van der Waals surface area contributed by atoms with Crippen LogP contribution in [0.15, 0.2) is 29.4 Å². The molecule has 1 aromatic carbocycles. The van der Waals surface area contributed by atoms with Gasteiger partial charge in [0, 0.05) is 5.56 Å². The first-order chi connectivity index (χ1) is 9.81. The van der Waals surface area contributed by atoms with Crippen LogP contribution in [0, 0.1) is 6.92 Å². The summed E-state index contributed by atoms with van der Waals surface area (Å²) in [6.07, 6.45) is 1.32. The van der Waals surface area contributed by atoms with E-state index >= 15 is 0 Å². The summed E-state index contributed by atoms with van der Waals surface area (Å²) in [6.45, 7) is 3.37. The van der Waals surface area contributed by atoms with Crippen LogP contribution in [0.1, 0.15) is 29.9 Å². The molecule has 9 heteroatoms. The standard InChI is InChI=1S/C12H15N5O2S2/c1-7-5-9(11(13)20)3-4-10(7)21(18,19)17-8(2)12-14-6-15-16-12/h3-6,8,17H,1-2H3,(H2,13,20)(H,14,15,16). The number of rotatable bonds is 5. The quantitative estimate of drug-likeness (QED) is 0.700. The molecule has 0 aliphatic heterocycles. The van der Waals surface area contributed by atoms with E-state index in [1.807, 2.05) is 0 Å². The van der Waals surface area contributed by atoms with Crippen LogP contribution in [-0.4, -0.2) is 28.6 Å². The summed E-state index contributed by atoms with van der Waals surface area (Å²) in [7, 11) is -3.68. The molecular formula is C12H15N5O2S2. The zero-order valence-electron chi connectivity index (χ0n) is 11.5. The Morgan fingerprint density at radius 1 is 1.48 bits per heavy atom. The molecule has 4 N–H and O–H groups in total. The lowest BCUT2D eigenvalue weighted by atomic mass is 10.1. The van der Waals surface area contributed by atoms with Crippen molar-refractivity contribution in [1.29, 1.82) is 0 Å². The van der Waals surface area contributed by atoms with Gasteiger partial charge in [0.25, 0.3) is 0 Å². The second-order valence-corrected chi connectivity index (χ2v) is 6.68. The third-order valence-electron chi connectivity index (χ3n) is 2.92. The van der Waals surface area contributed by atoms with Gasteiger partial charge in [-0.05, 0) is 31.5 Å². The fraction of sp³-hybridized carbons (Fsp3) is 0.250. The van der Waals surface area contributed by atoms with Gasteiger partial charge < -0.3 is 5.73 Å². The molecule has 1 atom stereocenters. The molecule has 1 heterocycles. The van der Waals surface area contributed by atoms with Crippen molar-refractivity contribution in [2.45, 2.75) is 24.8 Å².